The standard InChI is InChI=1S/C21H25BrN2O2/c1-3-14-23(15(2)16-10-12-18(13-11-16)24(25)26)20-9-5-7-17-6-4-8-19(22)21(17)20/h4,6,8,10-13,15,20H,3,5,7,9,14H2,1-2H3. The van der Waals surface area contributed by atoms with Gasteiger partial charge in [0.15, 0.2) is 0 Å². The van der Waals surface area contributed by atoms with Crippen LogP contribution in [0, 0.1) is 10.1 Å². The van der Waals surface area contributed by atoms with E-state index in [-0.39, 0.29) is 16.7 Å². The van der Waals surface area contributed by atoms with E-state index in [1.165, 1.54) is 22.0 Å². The maximum absolute atomic E-state index is 10.9. The molecule has 0 saturated carbocycles. The number of rotatable bonds is 6. The first kappa shape index (κ1) is 19.1. The number of non-ortho nitro benzene ring substituents is 1. The van der Waals surface area contributed by atoms with Gasteiger partial charge in [-0.2, -0.15) is 0 Å². The van der Waals surface area contributed by atoms with Gasteiger partial charge in [0.25, 0.3) is 5.69 Å². The molecule has 5 heteroatoms. The minimum absolute atomic E-state index is 0.147. The third kappa shape index (κ3) is 3.84. The molecule has 0 N–H and O–H groups in total. The number of nitrogens with zero attached hydrogens (tertiary/aromatic N) is 2. The zero-order chi connectivity index (χ0) is 18.7. The molecule has 0 amide bonds. The molecule has 0 radical (unpaired) electrons. The van der Waals surface area contributed by atoms with Crippen LogP contribution >= 0.6 is 15.9 Å². The quantitative estimate of drug-likeness (QED) is 0.415. The van der Waals surface area contributed by atoms with Crippen molar-refractivity contribution >= 4 is 21.6 Å². The number of nitro groups is 1. The van der Waals surface area contributed by atoms with Crippen molar-refractivity contribution in [2.24, 2.45) is 0 Å². The molecule has 2 aromatic rings. The van der Waals surface area contributed by atoms with Crippen LogP contribution in [-0.4, -0.2) is 16.4 Å². The molecule has 0 aliphatic heterocycles. The molecule has 0 fully saturated rings. The number of hydrogen-bond acceptors (Lipinski definition) is 3. The Morgan fingerprint density at radius 2 is 2.00 bits per heavy atom. The van der Waals surface area contributed by atoms with Crippen LogP contribution in [0.1, 0.15) is 61.9 Å². The largest absolute Gasteiger partial charge is 0.290 e. The molecule has 4 nitrogen and oxygen atoms in total. The number of hydrogen-bond donors (Lipinski definition) is 0. The van der Waals surface area contributed by atoms with Gasteiger partial charge in [-0.25, -0.2) is 0 Å². The lowest BCUT2D eigenvalue weighted by Gasteiger charge is -2.40. The second-order valence-electron chi connectivity index (χ2n) is 6.98. The smallest absolute Gasteiger partial charge is 0.269 e. The second-order valence-corrected chi connectivity index (χ2v) is 7.84. The fraction of sp³-hybridized carbons (Fsp3) is 0.429. The van der Waals surface area contributed by atoms with E-state index in [0.29, 0.717) is 6.04 Å². The molecule has 0 saturated heterocycles. The van der Waals surface area contributed by atoms with Crippen molar-refractivity contribution in [1.29, 1.82) is 0 Å². The molecule has 0 spiro atoms. The highest BCUT2D eigenvalue weighted by molar-refractivity contribution is 9.10. The molecule has 0 bridgehead atoms. The van der Waals surface area contributed by atoms with Crippen LogP contribution in [0.4, 0.5) is 5.69 Å². The van der Waals surface area contributed by atoms with E-state index in [1.54, 1.807) is 12.1 Å². The Kier molecular flexibility index (Phi) is 6.09. The summed E-state index contributed by atoms with van der Waals surface area (Å²) in [6.45, 7) is 5.42. The van der Waals surface area contributed by atoms with E-state index in [0.717, 1.165) is 31.4 Å². The third-order valence-corrected chi connectivity index (χ3v) is 6.06. The first-order chi connectivity index (χ1) is 12.5. The van der Waals surface area contributed by atoms with E-state index >= 15 is 0 Å². The Bertz CT molecular complexity index is 776. The molecule has 2 aromatic carbocycles. The molecule has 0 heterocycles. The van der Waals surface area contributed by atoms with Gasteiger partial charge in [0, 0.05) is 28.7 Å². The van der Waals surface area contributed by atoms with Gasteiger partial charge >= 0.3 is 0 Å². The maximum Gasteiger partial charge on any atom is 0.269 e. The Morgan fingerprint density at radius 1 is 1.27 bits per heavy atom. The number of halogens is 1. The Morgan fingerprint density at radius 3 is 2.65 bits per heavy atom. The lowest BCUT2D eigenvalue weighted by atomic mass is 9.85. The summed E-state index contributed by atoms with van der Waals surface area (Å²) >= 11 is 3.77. The number of fused-ring (bicyclic) bond motifs is 1. The van der Waals surface area contributed by atoms with Crippen molar-refractivity contribution in [1.82, 2.24) is 4.90 Å². The van der Waals surface area contributed by atoms with Crippen molar-refractivity contribution in [3.05, 3.63) is 73.7 Å². The summed E-state index contributed by atoms with van der Waals surface area (Å²) < 4.78 is 1.19. The van der Waals surface area contributed by atoms with E-state index in [1.807, 2.05) is 12.1 Å². The summed E-state index contributed by atoms with van der Waals surface area (Å²) in [5.74, 6) is 0. The summed E-state index contributed by atoms with van der Waals surface area (Å²) in [5.41, 5.74) is 4.13. The number of aryl methyl sites for hydroxylation is 1. The molecular formula is C21H25BrN2O2. The van der Waals surface area contributed by atoms with Crippen molar-refractivity contribution in [2.75, 3.05) is 6.54 Å². The van der Waals surface area contributed by atoms with Crippen LogP contribution in [0.25, 0.3) is 0 Å². The number of benzene rings is 2. The molecule has 3 rings (SSSR count). The SMILES string of the molecule is CCCN(C(C)c1ccc([N+](=O)[O-])cc1)C1CCCc2cccc(Br)c21. The van der Waals surface area contributed by atoms with Crippen molar-refractivity contribution in [2.45, 2.75) is 51.6 Å². The van der Waals surface area contributed by atoms with Crippen molar-refractivity contribution < 1.29 is 4.92 Å². The van der Waals surface area contributed by atoms with Gasteiger partial charge in [-0.1, -0.05) is 47.1 Å². The van der Waals surface area contributed by atoms with Gasteiger partial charge in [-0.15, -0.1) is 0 Å². The minimum Gasteiger partial charge on any atom is -0.290 e. The lowest BCUT2D eigenvalue weighted by Crippen LogP contribution is -2.34. The predicted octanol–water partition coefficient (Wildman–Crippen LogP) is 6.21. The predicted molar refractivity (Wildman–Crippen MR) is 108 cm³/mol. The highest BCUT2D eigenvalue weighted by Crippen LogP contribution is 2.42. The van der Waals surface area contributed by atoms with Gasteiger partial charge in [-0.3, -0.25) is 15.0 Å². The molecule has 2 atom stereocenters. The summed E-state index contributed by atoms with van der Waals surface area (Å²) in [4.78, 5) is 13.1. The van der Waals surface area contributed by atoms with E-state index in [4.69, 9.17) is 0 Å². The van der Waals surface area contributed by atoms with Gasteiger partial charge in [0.1, 0.15) is 0 Å². The van der Waals surface area contributed by atoms with Crippen LogP contribution < -0.4 is 0 Å². The monoisotopic (exact) mass is 416 g/mol. The van der Waals surface area contributed by atoms with Gasteiger partial charge in [0.2, 0.25) is 0 Å². The molecular weight excluding hydrogens is 392 g/mol. The lowest BCUT2D eigenvalue weighted by molar-refractivity contribution is -0.384. The van der Waals surface area contributed by atoms with Gasteiger partial charge < -0.3 is 0 Å². The molecule has 26 heavy (non-hydrogen) atoms. The summed E-state index contributed by atoms with van der Waals surface area (Å²) in [6, 6.07) is 14.1. The Labute approximate surface area is 163 Å². The minimum atomic E-state index is -0.341. The van der Waals surface area contributed by atoms with Crippen molar-refractivity contribution in [3.63, 3.8) is 0 Å². The van der Waals surface area contributed by atoms with Crippen LogP contribution in [0.2, 0.25) is 0 Å². The normalized spacial score (nSPS) is 17.8. The average molecular weight is 417 g/mol. The zero-order valence-electron chi connectivity index (χ0n) is 15.3. The average Bonchev–Trinajstić information content (AvgIpc) is 2.65. The topological polar surface area (TPSA) is 46.4 Å². The van der Waals surface area contributed by atoms with E-state index < -0.39 is 0 Å². The summed E-state index contributed by atoms with van der Waals surface area (Å²) in [7, 11) is 0. The fourth-order valence-corrected chi connectivity index (χ4v) is 4.75. The third-order valence-electron chi connectivity index (χ3n) is 5.37. The highest BCUT2D eigenvalue weighted by Gasteiger charge is 2.30. The van der Waals surface area contributed by atoms with Crippen LogP contribution in [-0.2, 0) is 6.42 Å². The maximum atomic E-state index is 10.9. The fourth-order valence-electron chi connectivity index (χ4n) is 4.08. The zero-order valence-corrected chi connectivity index (χ0v) is 16.9. The first-order valence-corrected chi connectivity index (χ1v) is 10.1. The van der Waals surface area contributed by atoms with E-state index in [9.17, 15) is 10.1 Å². The van der Waals surface area contributed by atoms with Crippen LogP contribution in [0.5, 0.6) is 0 Å². The van der Waals surface area contributed by atoms with Gasteiger partial charge in [-0.05, 0) is 61.9 Å². The molecule has 2 unspecified atom stereocenters. The molecule has 0 aromatic heterocycles. The molecule has 1 aliphatic carbocycles. The molecule has 138 valence electrons. The van der Waals surface area contributed by atoms with E-state index in [2.05, 4.69) is 52.9 Å². The summed E-state index contributed by atoms with van der Waals surface area (Å²) in [6.07, 6.45) is 4.55. The van der Waals surface area contributed by atoms with Gasteiger partial charge in [0.05, 0.1) is 4.92 Å². The first-order valence-electron chi connectivity index (χ1n) is 9.30. The van der Waals surface area contributed by atoms with Crippen LogP contribution in [0.3, 0.4) is 0 Å². The molecule has 1 aliphatic rings. The number of nitro benzene ring substituents is 1. The Balaban J connectivity index is 1.94. The van der Waals surface area contributed by atoms with Crippen molar-refractivity contribution in [3.8, 4) is 0 Å². The Hall–Kier alpha value is -1.72. The second kappa shape index (κ2) is 8.31. The highest BCUT2D eigenvalue weighted by atomic mass is 79.9. The summed E-state index contributed by atoms with van der Waals surface area (Å²) in [5, 5.41) is 10.9. The van der Waals surface area contributed by atoms with Crippen LogP contribution in [0.15, 0.2) is 46.9 Å².